The highest BCUT2D eigenvalue weighted by molar-refractivity contribution is 5.96. The van der Waals surface area contributed by atoms with Crippen molar-refractivity contribution in [3.8, 4) is 16.9 Å². The van der Waals surface area contributed by atoms with Gasteiger partial charge in [-0.15, -0.1) is 0 Å². The van der Waals surface area contributed by atoms with Crippen molar-refractivity contribution in [1.29, 1.82) is 0 Å². The Hall–Kier alpha value is -2.93. The molecule has 0 atom stereocenters. The molecule has 2 amide bonds. The van der Waals surface area contributed by atoms with Crippen LogP contribution in [0.5, 0.6) is 5.75 Å². The first-order chi connectivity index (χ1) is 15.8. The summed E-state index contributed by atoms with van der Waals surface area (Å²) >= 11 is 0. The lowest BCUT2D eigenvalue weighted by atomic mass is 9.98. The number of fused-ring (bicyclic) bond motifs is 5. The van der Waals surface area contributed by atoms with Crippen LogP contribution >= 0.6 is 0 Å². The fraction of sp³-hybridized carbons (Fsp3) is 0.462. The number of phenolic OH excluding ortho intramolecular Hbond substituents is 1. The van der Waals surface area contributed by atoms with Crippen LogP contribution in [0.25, 0.3) is 11.1 Å². The van der Waals surface area contributed by atoms with E-state index in [0.717, 1.165) is 38.0 Å². The molecule has 178 valence electrons. The number of rotatable bonds is 2. The van der Waals surface area contributed by atoms with Crippen LogP contribution in [0.4, 0.5) is 4.39 Å². The molecule has 3 N–H and O–H groups in total. The minimum Gasteiger partial charge on any atom is -0.507 e. The molecule has 2 aromatic rings. The standard InChI is InChI=1S/C26H34FN3O3/c1-18(2)17-30-13-3-5-25(32)28-12-10-19-6-9-24(31)21(15-19)20-7-8-23(27)22(16-20)26(33)29-11-4-14-30/h6-9,15-16,18,31H,3-5,10-14,17H2,1-2H3,(H,28,32)(H,29,33). The van der Waals surface area contributed by atoms with E-state index < -0.39 is 11.7 Å². The normalized spacial score (nSPS) is 17.0. The summed E-state index contributed by atoms with van der Waals surface area (Å²) in [5.74, 6) is -0.475. The lowest BCUT2D eigenvalue weighted by Gasteiger charge is -2.24. The van der Waals surface area contributed by atoms with E-state index in [-0.39, 0.29) is 17.2 Å². The lowest BCUT2D eigenvalue weighted by molar-refractivity contribution is -0.121. The first-order valence-corrected chi connectivity index (χ1v) is 11.7. The summed E-state index contributed by atoms with van der Waals surface area (Å²) in [5, 5.41) is 16.2. The highest BCUT2D eigenvalue weighted by Crippen LogP contribution is 2.31. The number of hydrogen-bond acceptors (Lipinski definition) is 4. The average Bonchev–Trinajstić information content (AvgIpc) is 2.77. The number of nitrogens with zero attached hydrogens (tertiary/aromatic N) is 1. The Morgan fingerprint density at radius 3 is 2.55 bits per heavy atom. The van der Waals surface area contributed by atoms with Gasteiger partial charge in [-0.3, -0.25) is 9.59 Å². The van der Waals surface area contributed by atoms with E-state index in [9.17, 15) is 19.1 Å². The summed E-state index contributed by atoms with van der Waals surface area (Å²) in [6, 6.07) is 9.48. The maximum atomic E-state index is 14.4. The number of hydrogen-bond donors (Lipinski definition) is 3. The van der Waals surface area contributed by atoms with Crippen molar-refractivity contribution in [2.24, 2.45) is 5.92 Å². The maximum Gasteiger partial charge on any atom is 0.254 e. The number of halogens is 1. The average molecular weight is 456 g/mol. The molecule has 0 unspecified atom stereocenters. The molecule has 1 heterocycles. The Kier molecular flexibility index (Phi) is 8.83. The zero-order chi connectivity index (χ0) is 23.8. The SMILES string of the molecule is CC(C)CN1CCCNC(=O)c2cc(ccc2F)-c2cc(ccc2O)CCNC(=O)CCC1. The third kappa shape index (κ3) is 7.29. The molecule has 33 heavy (non-hydrogen) atoms. The molecule has 7 heteroatoms. The van der Waals surface area contributed by atoms with Gasteiger partial charge < -0.3 is 20.6 Å². The Morgan fingerprint density at radius 1 is 0.970 bits per heavy atom. The maximum absolute atomic E-state index is 14.4. The van der Waals surface area contributed by atoms with Crippen molar-refractivity contribution in [1.82, 2.24) is 15.5 Å². The minimum atomic E-state index is -0.595. The third-order valence-corrected chi connectivity index (χ3v) is 5.76. The van der Waals surface area contributed by atoms with Crippen LogP contribution in [0.1, 0.15) is 49.0 Å². The molecule has 0 saturated heterocycles. The second-order valence-electron chi connectivity index (χ2n) is 9.05. The first kappa shape index (κ1) is 24.7. The molecule has 2 aromatic carbocycles. The molecular formula is C26H34FN3O3. The van der Waals surface area contributed by atoms with Crippen molar-refractivity contribution in [3.05, 3.63) is 53.3 Å². The minimum absolute atomic E-state index is 0.0341. The Bertz CT molecular complexity index is 977. The first-order valence-electron chi connectivity index (χ1n) is 11.7. The van der Waals surface area contributed by atoms with E-state index in [0.29, 0.717) is 43.0 Å². The molecule has 1 aliphatic rings. The number of phenols is 1. The van der Waals surface area contributed by atoms with E-state index in [4.69, 9.17) is 0 Å². The van der Waals surface area contributed by atoms with Gasteiger partial charge in [-0.05, 0) is 73.7 Å². The number of aromatic hydroxyl groups is 1. The Labute approximate surface area is 195 Å². The molecule has 0 saturated carbocycles. The number of carbonyl (C=O) groups excluding carboxylic acids is 2. The highest BCUT2D eigenvalue weighted by Gasteiger charge is 2.16. The monoisotopic (exact) mass is 455 g/mol. The van der Waals surface area contributed by atoms with E-state index >= 15 is 0 Å². The molecule has 0 radical (unpaired) electrons. The van der Waals surface area contributed by atoms with Crippen molar-refractivity contribution in [2.45, 2.75) is 39.5 Å². The lowest BCUT2D eigenvalue weighted by Crippen LogP contribution is -2.34. The summed E-state index contributed by atoms with van der Waals surface area (Å²) in [6.07, 6.45) is 2.57. The van der Waals surface area contributed by atoms with Crippen LogP contribution in [0, 0.1) is 11.7 Å². The van der Waals surface area contributed by atoms with Crippen LogP contribution in [-0.4, -0.2) is 54.5 Å². The van der Waals surface area contributed by atoms with Gasteiger partial charge in [0.1, 0.15) is 11.6 Å². The number of carbonyl (C=O) groups is 2. The molecule has 0 spiro atoms. The predicted molar refractivity (Wildman–Crippen MR) is 128 cm³/mol. The van der Waals surface area contributed by atoms with Gasteiger partial charge in [0.15, 0.2) is 0 Å². The van der Waals surface area contributed by atoms with Gasteiger partial charge in [0.25, 0.3) is 5.91 Å². The van der Waals surface area contributed by atoms with E-state index in [1.807, 2.05) is 6.07 Å². The van der Waals surface area contributed by atoms with Crippen molar-refractivity contribution in [3.63, 3.8) is 0 Å². The van der Waals surface area contributed by atoms with Crippen LogP contribution in [0.2, 0.25) is 0 Å². The van der Waals surface area contributed by atoms with Crippen molar-refractivity contribution >= 4 is 11.8 Å². The summed E-state index contributed by atoms with van der Waals surface area (Å²) in [6.45, 7) is 7.77. The molecular weight excluding hydrogens is 421 g/mol. The van der Waals surface area contributed by atoms with E-state index in [1.165, 1.54) is 12.1 Å². The van der Waals surface area contributed by atoms with Crippen LogP contribution in [-0.2, 0) is 11.2 Å². The summed E-state index contributed by atoms with van der Waals surface area (Å²) in [4.78, 5) is 27.2. The second kappa shape index (κ2) is 11.8. The van der Waals surface area contributed by atoms with E-state index in [1.54, 1.807) is 18.2 Å². The van der Waals surface area contributed by atoms with Crippen LogP contribution in [0.3, 0.4) is 0 Å². The zero-order valence-corrected chi connectivity index (χ0v) is 19.5. The predicted octanol–water partition coefficient (Wildman–Crippen LogP) is 3.73. The third-order valence-electron chi connectivity index (χ3n) is 5.76. The zero-order valence-electron chi connectivity index (χ0n) is 19.5. The number of nitrogens with one attached hydrogen (secondary N) is 2. The Morgan fingerprint density at radius 2 is 1.76 bits per heavy atom. The topological polar surface area (TPSA) is 81.7 Å². The summed E-state index contributed by atoms with van der Waals surface area (Å²) in [7, 11) is 0. The van der Waals surface area contributed by atoms with Crippen molar-refractivity contribution < 1.29 is 19.1 Å². The largest absolute Gasteiger partial charge is 0.507 e. The molecule has 3 rings (SSSR count). The molecule has 4 bridgehead atoms. The number of benzene rings is 2. The quantitative estimate of drug-likeness (QED) is 0.645. The van der Waals surface area contributed by atoms with Gasteiger partial charge in [-0.25, -0.2) is 4.39 Å². The van der Waals surface area contributed by atoms with Crippen LogP contribution < -0.4 is 10.6 Å². The van der Waals surface area contributed by atoms with Crippen LogP contribution in [0.15, 0.2) is 36.4 Å². The van der Waals surface area contributed by atoms with Crippen molar-refractivity contribution in [2.75, 3.05) is 32.7 Å². The smallest absolute Gasteiger partial charge is 0.254 e. The van der Waals surface area contributed by atoms with Gasteiger partial charge in [-0.2, -0.15) is 0 Å². The van der Waals surface area contributed by atoms with Gasteiger partial charge in [0.2, 0.25) is 5.91 Å². The molecule has 0 aliphatic carbocycles. The van der Waals surface area contributed by atoms with Gasteiger partial charge in [0, 0.05) is 31.6 Å². The molecule has 6 nitrogen and oxygen atoms in total. The second-order valence-corrected chi connectivity index (χ2v) is 9.05. The highest BCUT2D eigenvalue weighted by atomic mass is 19.1. The number of amides is 2. The summed E-state index contributed by atoms with van der Waals surface area (Å²) in [5.41, 5.74) is 1.97. The summed E-state index contributed by atoms with van der Waals surface area (Å²) < 4.78 is 14.4. The molecule has 0 fully saturated rings. The fourth-order valence-corrected chi connectivity index (χ4v) is 4.15. The fourth-order valence-electron chi connectivity index (χ4n) is 4.15. The van der Waals surface area contributed by atoms with Gasteiger partial charge in [-0.1, -0.05) is 26.0 Å². The van der Waals surface area contributed by atoms with Gasteiger partial charge in [0.05, 0.1) is 5.56 Å². The Balaban J connectivity index is 1.83. The van der Waals surface area contributed by atoms with Gasteiger partial charge >= 0.3 is 0 Å². The van der Waals surface area contributed by atoms with E-state index in [2.05, 4.69) is 29.4 Å². The molecule has 1 aliphatic heterocycles. The molecule has 0 aromatic heterocycles.